The van der Waals surface area contributed by atoms with E-state index < -0.39 is 0 Å². The quantitative estimate of drug-likeness (QED) is 0.671. The Kier molecular flexibility index (Phi) is 4.22. The average molecular weight is 185 g/mol. The van der Waals surface area contributed by atoms with Gasteiger partial charge in [-0.25, -0.2) is 0 Å². The van der Waals surface area contributed by atoms with E-state index in [1.54, 1.807) is 0 Å². The van der Waals surface area contributed by atoms with Crippen LogP contribution in [0.5, 0.6) is 0 Å². The Bertz CT molecular complexity index is 162. The lowest BCUT2D eigenvalue weighted by Crippen LogP contribution is -2.14. The van der Waals surface area contributed by atoms with Gasteiger partial charge in [-0.1, -0.05) is 0 Å². The molecule has 1 saturated heterocycles. The van der Waals surface area contributed by atoms with Gasteiger partial charge in [-0.3, -0.25) is 4.79 Å². The summed E-state index contributed by atoms with van der Waals surface area (Å²) in [5, 5.41) is 3.28. The van der Waals surface area contributed by atoms with Gasteiger partial charge in [-0.05, 0) is 45.7 Å². The minimum atomic E-state index is -0.0538. The molecule has 1 rings (SSSR count). The first-order valence-corrected chi connectivity index (χ1v) is 5.08. The van der Waals surface area contributed by atoms with Crippen molar-refractivity contribution in [2.75, 3.05) is 13.1 Å². The number of carbonyl (C=O) groups is 1. The summed E-state index contributed by atoms with van der Waals surface area (Å²) in [6.45, 7) is 5.93. The molecule has 0 aromatic rings. The molecule has 0 saturated carbocycles. The van der Waals surface area contributed by atoms with E-state index >= 15 is 0 Å². The molecule has 0 spiro atoms. The van der Waals surface area contributed by atoms with Crippen LogP contribution in [0.4, 0.5) is 0 Å². The highest BCUT2D eigenvalue weighted by molar-refractivity contribution is 5.69. The van der Waals surface area contributed by atoms with E-state index in [1.807, 2.05) is 13.8 Å². The topological polar surface area (TPSA) is 38.3 Å². The molecule has 0 aromatic heterocycles. The third-order valence-corrected chi connectivity index (χ3v) is 2.29. The van der Waals surface area contributed by atoms with Crippen LogP contribution in [0, 0.1) is 5.92 Å². The van der Waals surface area contributed by atoms with E-state index in [0.717, 1.165) is 19.5 Å². The first kappa shape index (κ1) is 10.5. The smallest absolute Gasteiger partial charge is 0.306 e. The van der Waals surface area contributed by atoms with E-state index in [2.05, 4.69) is 5.32 Å². The lowest BCUT2D eigenvalue weighted by Gasteiger charge is -2.09. The van der Waals surface area contributed by atoms with Crippen molar-refractivity contribution in [3.05, 3.63) is 0 Å². The first-order valence-electron chi connectivity index (χ1n) is 5.08. The molecule has 1 fully saturated rings. The summed E-state index contributed by atoms with van der Waals surface area (Å²) in [5.41, 5.74) is 0. The predicted octanol–water partition coefficient (Wildman–Crippen LogP) is 1.33. The second-order valence-corrected chi connectivity index (χ2v) is 3.94. The van der Waals surface area contributed by atoms with E-state index in [4.69, 9.17) is 4.74 Å². The van der Waals surface area contributed by atoms with Gasteiger partial charge in [0.2, 0.25) is 0 Å². The molecule has 76 valence electrons. The molecule has 1 heterocycles. The summed E-state index contributed by atoms with van der Waals surface area (Å²) in [6.07, 6.45) is 2.77. The molecular weight excluding hydrogens is 166 g/mol. The van der Waals surface area contributed by atoms with Crippen LogP contribution in [0.15, 0.2) is 0 Å². The van der Waals surface area contributed by atoms with Crippen LogP contribution >= 0.6 is 0 Å². The summed E-state index contributed by atoms with van der Waals surface area (Å²) < 4.78 is 5.05. The predicted molar refractivity (Wildman–Crippen MR) is 51.4 cm³/mol. The summed E-state index contributed by atoms with van der Waals surface area (Å²) in [7, 11) is 0. The number of hydrogen-bond acceptors (Lipinski definition) is 3. The highest BCUT2D eigenvalue weighted by Crippen LogP contribution is 2.14. The maximum absolute atomic E-state index is 11.2. The molecule has 1 aliphatic rings. The van der Waals surface area contributed by atoms with Crippen LogP contribution < -0.4 is 5.32 Å². The van der Waals surface area contributed by atoms with Crippen LogP contribution in [-0.2, 0) is 9.53 Å². The van der Waals surface area contributed by atoms with Crippen LogP contribution in [0.2, 0.25) is 0 Å². The van der Waals surface area contributed by atoms with Crippen molar-refractivity contribution in [1.82, 2.24) is 5.32 Å². The lowest BCUT2D eigenvalue weighted by molar-refractivity contribution is -0.147. The number of carbonyl (C=O) groups excluding carboxylic acids is 1. The SMILES string of the molecule is CC(C)OC(=O)CCC1CCNC1. The van der Waals surface area contributed by atoms with Gasteiger partial charge < -0.3 is 10.1 Å². The van der Waals surface area contributed by atoms with Crippen LogP contribution in [0.25, 0.3) is 0 Å². The van der Waals surface area contributed by atoms with Gasteiger partial charge in [0.1, 0.15) is 0 Å². The number of ether oxygens (including phenoxy) is 1. The number of rotatable bonds is 4. The van der Waals surface area contributed by atoms with Crippen molar-refractivity contribution in [3.8, 4) is 0 Å². The van der Waals surface area contributed by atoms with E-state index in [-0.39, 0.29) is 12.1 Å². The van der Waals surface area contributed by atoms with Crippen molar-refractivity contribution in [2.24, 2.45) is 5.92 Å². The second kappa shape index (κ2) is 5.22. The fourth-order valence-electron chi connectivity index (χ4n) is 1.60. The summed E-state index contributed by atoms with van der Waals surface area (Å²) >= 11 is 0. The Morgan fingerprint density at radius 2 is 2.38 bits per heavy atom. The Morgan fingerprint density at radius 1 is 1.62 bits per heavy atom. The molecule has 0 radical (unpaired) electrons. The number of nitrogens with one attached hydrogen (secondary N) is 1. The molecule has 0 aliphatic carbocycles. The highest BCUT2D eigenvalue weighted by Gasteiger charge is 2.16. The van der Waals surface area contributed by atoms with E-state index in [1.165, 1.54) is 6.42 Å². The molecule has 0 amide bonds. The number of esters is 1. The Hall–Kier alpha value is -0.570. The zero-order chi connectivity index (χ0) is 9.68. The minimum absolute atomic E-state index is 0.0224. The van der Waals surface area contributed by atoms with Gasteiger partial charge in [-0.2, -0.15) is 0 Å². The van der Waals surface area contributed by atoms with E-state index in [9.17, 15) is 4.79 Å². The minimum Gasteiger partial charge on any atom is -0.463 e. The normalized spacial score (nSPS) is 22.2. The van der Waals surface area contributed by atoms with Gasteiger partial charge in [0.05, 0.1) is 6.10 Å². The zero-order valence-electron chi connectivity index (χ0n) is 8.51. The van der Waals surface area contributed by atoms with Gasteiger partial charge in [0.25, 0.3) is 0 Å². The third kappa shape index (κ3) is 4.27. The Labute approximate surface area is 79.8 Å². The largest absolute Gasteiger partial charge is 0.463 e. The van der Waals surface area contributed by atoms with Crippen molar-refractivity contribution < 1.29 is 9.53 Å². The summed E-state index contributed by atoms with van der Waals surface area (Å²) in [4.78, 5) is 11.2. The number of hydrogen-bond donors (Lipinski definition) is 1. The summed E-state index contributed by atoms with van der Waals surface area (Å²) in [6, 6.07) is 0. The molecule has 3 nitrogen and oxygen atoms in total. The van der Waals surface area contributed by atoms with E-state index in [0.29, 0.717) is 12.3 Å². The highest BCUT2D eigenvalue weighted by atomic mass is 16.5. The second-order valence-electron chi connectivity index (χ2n) is 3.94. The molecule has 3 heteroatoms. The van der Waals surface area contributed by atoms with Gasteiger partial charge >= 0.3 is 5.97 Å². The van der Waals surface area contributed by atoms with Crippen LogP contribution in [0.3, 0.4) is 0 Å². The summed E-state index contributed by atoms with van der Waals surface area (Å²) in [5.74, 6) is 0.626. The molecule has 1 N–H and O–H groups in total. The van der Waals surface area contributed by atoms with Gasteiger partial charge in [0.15, 0.2) is 0 Å². The molecular formula is C10H19NO2. The van der Waals surface area contributed by atoms with Crippen molar-refractivity contribution in [2.45, 2.75) is 39.2 Å². The lowest BCUT2D eigenvalue weighted by atomic mass is 10.0. The molecule has 1 atom stereocenters. The first-order chi connectivity index (χ1) is 6.18. The standard InChI is InChI=1S/C10H19NO2/c1-8(2)13-10(12)4-3-9-5-6-11-7-9/h8-9,11H,3-7H2,1-2H3. The molecule has 13 heavy (non-hydrogen) atoms. The van der Waals surface area contributed by atoms with Crippen molar-refractivity contribution >= 4 is 5.97 Å². The molecule has 0 bridgehead atoms. The van der Waals surface area contributed by atoms with Gasteiger partial charge in [-0.15, -0.1) is 0 Å². The average Bonchev–Trinajstić information content (AvgIpc) is 2.51. The molecule has 1 unspecified atom stereocenters. The zero-order valence-corrected chi connectivity index (χ0v) is 8.51. The van der Waals surface area contributed by atoms with Crippen molar-refractivity contribution in [1.29, 1.82) is 0 Å². The monoisotopic (exact) mass is 185 g/mol. The Balaban J connectivity index is 2.07. The van der Waals surface area contributed by atoms with Crippen LogP contribution in [-0.4, -0.2) is 25.2 Å². The Morgan fingerprint density at radius 3 is 2.92 bits per heavy atom. The maximum Gasteiger partial charge on any atom is 0.306 e. The molecule has 1 aliphatic heterocycles. The fraction of sp³-hybridized carbons (Fsp3) is 0.900. The van der Waals surface area contributed by atoms with Crippen molar-refractivity contribution in [3.63, 3.8) is 0 Å². The third-order valence-electron chi connectivity index (χ3n) is 2.29. The fourth-order valence-corrected chi connectivity index (χ4v) is 1.60. The van der Waals surface area contributed by atoms with Crippen LogP contribution in [0.1, 0.15) is 33.1 Å². The van der Waals surface area contributed by atoms with Gasteiger partial charge in [0, 0.05) is 6.42 Å². The maximum atomic E-state index is 11.2. The molecule has 0 aromatic carbocycles.